The van der Waals surface area contributed by atoms with Gasteiger partial charge >= 0.3 is 0 Å². The van der Waals surface area contributed by atoms with E-state index >= 15 is 0 Å². The number of halogens is 1. The van der Waals surface area contributed by atoms with E-state index in [0.717, 1.165) is 5.56 Å². The highest BCUT2D eigenvalue weighted by Crippen LogP contribution is 2.27. The maximum absolute atomic E-state index is 13.5. The number of nitrogens with one attached hydrogen (secondary N) is 1. The lowest BCUT2D eigenvalue weighted by Crippen LogP contribution is -2.17. The summed E-state index contributed by atoms with van der Waals surface area (Å²) in [6, 6.07) is 11.7. The van der Waals surface area contributed by atoms with E-state index < -0.39 is 5.82 Å². The maximum Gasteiger partial charge on any atom is 0.234 e. The fraction of sp³-hybridized carbons (Fsp3) is 0.375. The average molecular weight is 473 g/mol. The summed E-state index contributed by atoms with van der Waals surface area (Å²) in [5.74, 6) is 1.88. The number of anilines is 1. The Morgan fingerprint density at radius 2 is 1.91 bits per heavy atom. The molecule has 3 rings (SSSR count). The molecule has 1 amide bonds. The van der Waals surface area contributed by atoms with Gasteiger partial charge in [0.2, 0.25) is 5.91 Å². The van der Waals surface area contributed by atoms with Gasteiger partial charge in [0, 0.05) is 18.3 Å². The number of amides is 1. The molecule has 0 saturated heterocycles. The first-order chi connectivity index (χ1) is 15.8. The number of rotatable bonds is 10. The molecule has 176 valence electrons. The molecule has 0 aliphatic heterocycles. The summed E-state index contributed by atoms with van der Waals surface area (Å²) in [7, 11) is 1.61. The number of hydrogen-bond donors (Lipinski definition) is 1. The van der Waals surface area contributed by atoms with E-state index in [9.17, 15) is 9.18 Å². The normalized spacial score (nSPS) is 12.0. The topological polar surface area (TPSA) is 78.3 Å². The Hall–Kier alpha value is -3.07. The molecule has 1 unspecified atom stereocenters. The smallest absolute Gasteiger partial charge is 0.234 e. The van der Waals surface area contributed by atoms with E-state index in [4.69, 9.17) is 9.47 Å². The Morgan fingerprint density at radius 1 is 1.15 bits per heavy atom. The Kier molecular flexibility index (Phi) is 8.32. The quantitative estimate of drug-likeness (QED) is 0.406. The summed E-state index contributed by atoms with van der Waals surface area (Å²) in [4.78, 5) is 12.5. The molecule has 7 nitrogen and oxygen atoms in total. The van der Waals surface area contributed by atoms with Crippen LogP contribution in [0.1, 0.15) is 38.3 Å². The third-order valence-electron chi connectivity index (χ3n) is 4.82. The molecule has 0 fully saturated rings. The summed E-state index contributed by atoms with van der Waals surface area (Å²) in [6.07, 6.45) is -0.360. The molecule has 33 heavy (non-hydrogen) atoms. The molecule has 1 atom stereocenters. The molecule has 0 bridgehead atoms. The maximum atomic E-state index is 13.5. The third kappa shape index (κ3) is 6.71. The zero-order chi connectivity index (χ0) is 24.0. The highest BCUT2D eigenvalue weighted by atomic mass is 32.2. The summed E-state index contributed by atoms with van der Waals surface area (Å²) in [5, 5.41) is 12.0. The fourth-order valence-electron chi connectivity index (χ4n) is 3.22. The van der Waals surface area contributed by atoms with Crippen LogP contribution in [-0.2, 0) is 11.3 Å². The average Bonchev–Trinajstić information content (AvgIpc) is 3.17. The van der Waals surface area contributed by atoms with Crippen LogP contribution in [-0.4, -0.2) is 33.5 Å². The Labute approximate surface area is 197 Å². The minimum absolute atomic E-state index is 0.122. The number of aromatic nitrogens is 3. The van der Waals surface area contributed by atoms with Gasteiger partial charge in [-0.25, -0.2) is 4.39 Å². The first kappa shape index (κ1) is 24.6. The van der Waals surface area contributed by atoms with Crippen molar-refractivity contribution in [1.82, 2.24) is 14.8 Å². The zero-order valence-electron chi connectivity index (χ0n) is 19.5. The van der Waals surface area contributed by atoms with Gasteiger partial charge in [0.05, 0.1) is 12.9 Å². The molecular weight excluding hydrogens is 443 g/mol. The molecule has 1 heterocycles. The van der Waals surface area contributed by atoms with Crippen molar-refractivity contribution in [1.29, 1.82) is 0 Å². The van der Waals surface area contributed by atoms with Crippen molar-refractivity contribution in [3.8, 4) is 11.5 Å². The van der Waals surface area contributed by atoms with Crippen LogP contribution in [0.3, 0.4) is 0 Å². The van der Waals surface area contributed by atoms with Crippen LogP contribution in [0.4, 0.5) is 10.1 Å². The van der Waals surface area contributed by atoms with Gasteiger partial charge in [0.25, 0.3) is 0 Å². The van der Waals surface area contributed by atoms with Crippen LogP contribution in [0.2, 0.25) is 0 Å². The summed E-state index contributed by atoms with van der Waals surface area (Å²) in [6.45, 7) is 8.61. The highest BCUT2D eigenvalue weighted by Gasteiger charge is 2.21. The summed E-state index contributed by atoms with van der Waals surface area (Å²) in [5.41, 5.74) is 1.26. The van der Waals surface area contributed by atoms with Gasteiger partial charge in [-0.1, -0.05) is 37.7 Å². The second-order valence-corrected chi connectivity index (χ2v) is 9.02. The molecule has 0 spiro atoms. The van der Waals surface area contributed by atoms with Crippen LogP contribution in [0.15, 0.2) is 47.6 Å². The molecule has 1 N–H and O–H groups in total. The standard InChI is InChI=1S/C24H29FN4O3S/c1-15(2)13-29-23(17(4)32-20-8-6-7-19(12-20)31-5)27-28-24(29)33-14-22(30)26-21-11-18(25)10-9-16(21)3/h6-12,15,17H,13-14H2,1-5H3,(H,26,30). The molecule has 9 heteroatoms. The second kappa shape index (κ2) is 11.2. The number of hydrogen-bond acceptors (Lipinski definition) is 6. The van der Waals surface area contributed by atoms with Crippen LogP contribution in [0.25, 0.3) is 0 Å². The number of carbonyl (C=O) groups is 1. The van der Waals surface area contributed by atoms with E-state index in [2.05, 4.69) is 29.4 Å². The largest absolute Gasteiger partial charge is 0.497 e. The molecule has 0 radical (unpaired) electrons. The van der Waals surface area contributed by atoms with Crippen LogP contribution >= 0.6 is 11.8 Å². The van der Waals surface area contributed by atoms with Gasteiger partial charge in [-0.15, -0.1) is 10.2 Å². The van der Waals surface area contributed by atoms with Crippen molar-refractivity contribution in [2.45, 2.75) is 45.5 Å². The van der Waals surface area contributed by atoms with Crippen molar-refractivity contribution < 1.29 is 18.7 Å². The highest BCUT2D eigenvalue weighted by molar-refractivity contribution is 7.99. The van der Waals surface area contributed by atoms with Gasteiger partial charge in [0.15, 0.2) is 17.1 Å². The van der Waals surface area contributed by atoms with Gasteiger partial charge < -0.3 is 19.4 Å². The molecule has 2 aromatic carbocycles. The number of nitrogens with zero attached hydrogens (tertiary/aromatic N) is 3. The van der Waals surface area contributed by atoms with E-state index in [-0.39, 0.29) is 17.8 Å². The molecule has 3 aromatic rings. The molecule has 1 aromatic heterocycles. The van der Waals surface area contributed by atoms with Crippen LogP contribution in [0, 0.1) is 18.7 Å². The van der Waals surface area contributed by atoms with Gasteiger partial charge in [-0.2, -0.15) is 0 Å². The van der Waals surface area contributed by atoms with Crippen LogP contribution < -0.4 is 14.8 Å². The number of ether oxygens (including phenoxy) is 2. The van der Waals surface area contributed by atoms with Gasteiger partial charge in [-0.05, 0) is 49.6 Å². The zero-order valence-corrected chi connectivity index (χ0v) is 20.3. The summed E-state index contributed by atoms with van der Waals surface area (Å²) < 4.78 is 26.8. The van der Waals surface area contributed by atoms with Crippen molar-refractivity contribution in [3.63, 3.8) is 0 Å². The van der Waals surface area contributed by atoms with E-state index in [1.807, 2.05) is 42.7 Å². The van der Waals surface area contributed by atoms with E-state index in [0.29, 0.717) is 40.6 Å². The number of aryl methyl sites for hydroxylation is 1. The SMILES string of the molecule is COc1cccc(OC(C)c2nnc(SCC(=O)Nc3cc(F)ccc3C)n2CC(C)C)c1. The number of carbonyl (C=O) groups excluding carboxylic acids is 1. The van der Waals surface area contributed by atoms with Crippen LogP contribution in [0.5, 0.6) is 11.5 Å². The number of methoxy groups -OCH3 is 1. The van der Waals surface area contributed by atoms with Crippen molar-refractivity contribution >= 4 is 23.4 Å². The Morgan fingerprint density at radius 3 is 2.64 bits per heavy atom. The summed E-state index contributed by atoms with van der Waals surface area (Å²) >= 11 is 1.29. The lowest BCUT2D eigenvalue weighted by atomic mass is 10.2. The monoisotopic (exact) mass is 472 g/mol. The lowest BCUT2D eigenvalue weighted by Gasteiger charge is -2.18. The fourth-order valence-corrected chi connectivity index (χ4v) is 3.98. The Balaban J connectivity index is 1.71. The molecule has 0 aliphatic rings. The molecular formula is C24H29FN4O3S. The predicted octanol–water partition coefficient (Wildman–Crippen LogP) is 5.26. The minimum atomic E-state index is -0.394. The first-order valence-electron chi connectivity index (χ1n) is 10.7. The number of benzene rings is 2. The second-order valence-electron chi connectivity index (χ2n) is 8.08. The third-order valence-corrected chi connectivity index (χ3v) is 5.78. The van der Waals surface area contributed by atoms with Crippen molar-refractivity contribution in [2.24, 2.45) is 5.92 Å². The minimum Gasteiger partial charge on any atom is -0.497 e. The first-order valence-corrected chi connectivity index (χ1v) is 11.7. The number of thioether (sulfide) groups is 1. The van der Waals surface area contributed by atoms with Crippen molar-refractivity contribution in [2.75, 3.05) is 18.2 Å². The van der Waals surface area contributed by atoms with E-state index in [1.165, 1.54) is 23.9 Å². The molecule has 0 aliphatic carbocycles. The Bertz CT molecular complexity index is 1100. The lowest BCUT2D eigenvalue weighted by molar-refractivity contribution is -0.113. The molecule has 0 saturated carbocycles. The van der Waals surface area contributed by atoms with Gasteiger partial charge in [0.1, 0.15) is 17.3 Å². The van der Waals surface area contributed by atoms with Crippen molar-refractivity contribution in [3.05, 3.63) is 59.7 Å². The van der Waals surface area contributed by atoms with Gasteiger partial charge in [-0.3, -0.25) is 4.79 Å². The predicted molar refractivity (Wildman–Crippen MR) is 127 cm³/mol. The van der Waals surface area contributed by atoms with E-state index in [1.54, 1.807) is 13.2 Å².